The summed E-state index contributed by atoms with van der Waals surface area (Å²) in [5.74, 6) is -2.37. The second-order valence-corrected chi connectivity index (χ2v) is 9.01. The molecule has 166 valence electrons. The Labute approximate surface area is 189 Å². The van der Waals surface area contributed by atoms with E-state index in [1.54, 1.807) is 26.0 Å². The topological polar surface area (TPSA) is 102 Å². The highest BCUT2D eigenvalue weighted by atomic mass is 32.1. The minimum atomic E-state index is -0.796. The molecule has 0 amide bonds. The summed E-state index contributed by atoms with van der Waals surface area (Å²) in [7, 11) is 0. The third kappa shape index (κ3) is 5.79. The molecule has 32 heavy (non-hydrogen) atoms. The molecule has 0 radical (unpaired) electrons. The predicted molar refractivity (Wildman–Crippen MR) is 120 cm³/mol. The first-order valence-corrected chi connectivity index (χ1v) is 10.6. The van der Waals surface area contributed by atoms with Gasteiger partial charge >= 0.3 is 11.9 Å². The van der Waals surface area contributed by atoms with Crippen molar-refractivity contribution >= 4 is 29.1 Å². The number of hydrogen-bond donors (Lipinski definition) is 2. The first-order valence-electron chi connectivity index (χ1n) is 9.82. The lowest BCUT2D eigenvalue weighted by Gasteiger charge is -2.21. The molecular formula is C24H23FN2O4S. The molecule has 1 heterocycles. The number of carbonyl (C=O) groups is 2. The smallest absolute Gasteiger partial charge is 0.353 e. The molecule has 0 spiro atoms. The van der Waals surface area contributed by atoms with Crippen LogP contribution in [-0.4, -0.2) is 17.8 Å². The number of thiophene rings is 1. The van der Waals surface area contributed by atoms with Crippen LogP contribution in [0, 0.1) is 16.6 Å². The van der Waals surface area contributed by atoms with Gasteiger partial charge in [0, 0.05) is 10.4 Å². The summed E-state index contributed by atoms with van der Waals surface area (Å²) >= 11 is 1.17. The Bertz CT molecular complexity index is 1140. The number of nitrogen functional groups attached to an aromatic ring is 1. The van der Waals surface area contributed by atoms with Gasteiger partial charge in [0.05, 0.1) is 5.41 Å². The SMILES string of the molecule is CC(C)(Cc1ccc(C(=O)Oc2ccc(C(=N)N)cc2F)s1)C(=O)OCc1ccccc1. The van der Waals surface area contributed by atoms with Crippen molar-refractivity contribution in [1.82, 2.24) is 0 Å². The molecule has 8 heteroatoms. The van der Waals surface area contributed by atoms with Crippen molar-refractivity contribution in [3.8, 4) is 5.75 Å². The van der Waals surface area contributed by atoms with E-state index in [2.05, 4.69) is 0 Å². The van der Waals surface area contributed by atoms with Crippen LogP contribution in [0.1, 0.15) is 39.5 Å². The lowest BCUT2D eigenvalue weighted by Crippen LogP contribution is -2.28. The van der Waals surface area contributed by atoms with Crippen LogP contribution in [0.25, 0.3) is 0 Å². The molecule has 0 saturated heterocycles. The molecule has 3 rings (SSSR count). The Morgan fingerprint density at radius 1 is 1.09 bits per heavy atom. The maximum Gasteiger partial charge on any atom is 0.353 e. The molecule has 3 aromatic rings. The molecular weight excluding hydrogens is 431 g/mol. The van der Waals surface area contributed by atoms with Gasteiger partial charge in [0.1, 0.15) is 17.3 Å². The van der Waals surface area contributed by atoms with E-state index in [1.807, 2.05) is 30.3 Å². The minimum absolute atomic E-state index is 0.194. The number of amidine groups is 1. The van der Waals surface area contributed by atoms with E-state index in [0.29, 0.717) is 6.42 Å². The van der Waals surface area contributed by atoms with E-state index in [-0.39, 0.29) is 34.6 Å². The molecule has 0 aliphatic carbocycles. The van der Waals surface area contributed by atoms with Gasteiger partial charge in [-0.15, -0.1) is 11.3 Å². The number of hydrogen-bond acceptors (Lipinski definition) is 6. The quantitative estimate of drug-likeness (QED) is 0.222. The van der Waals surface area contributed by atoms with Crippen molar-refractivity contribution < 1.29 is 23.5 Å². The van der Waals surface area contributed by atoms with Crippen molar-refractivity contribution in [3.63, 3.8) is 0 Å². The average Bonchev–Trinajstić information content (AvgIpc) is 3.21. The molecule has 2 aromatic carbocycles. The molecule has 0 fully saturated rings. The summed E-state index contributed by atoms with van der Waals surface area (Å²) in [4.78, 5) is 26.1. The van der Waals surface area contributed by atoms with Gasteiger partial charge in [-0.25, -0.2) is 9.18 Å². The maximum absolute atomic E-state index is 14.1. The Kier molecular flexibility index (Phi) is 7.05. The standard InChI is InChI=1S/C24H23FN2O4S/c1-24(2,23(29)30-14-15-6-4-3-5-7-15)13-17-9-11-20(32-17)22(28)31-19-10-8-16(21(26)27)12-18(19)25/h3-12H,13-14H2,1-2H3,(H3,26,27). The highest BCUT2D eigenvalue weighted by molar-refractivity contribution is 7.13. The van der Waals surface area contributed by atoms with Crippen LogP contribution in [-0.2, 0) is 22.6 Å². The fraction of sp³-hybridized carbons (Fsp3) is 0.208. The van der Waals surface area contributed by atoms with Crippen LogP contribution in [0.5, 0.6) is 5.75 Å². The first-order chi connectivity index (χ1) is 15.2. The fourth-order valence-electron chi connectivity index (χ4n) is 2.91. The van der Waals surface area contributed by atoms with Gasteiger partial charge in [0.15, 0.2) is 11.6 Å². The Morgan fingerprint density at radius 2 is 1.81 bits per heavy atom. The summed E-state index contributed by atoms with van der Waals surface area (Å²) in [5.41, 5.74) is 5.63. The summed E-state index contributed by atoms with van der Waals surface area (Å²) < 4.78 is 24.7. The van der Waals surface area contributed by atoms with Crippen molar-refractivity contribution in [1.29, 1.82) is 5.41 Å². The zero-order valence-electron chi connectivity index (χ0n) is 17.7. The molecule has 3 N–H and O–H groups in total. The summed E-state index contributed by atoms with van der Waals surface area (Å²) in [6.45, 7) is 3.76. The van der Waals surface area contributed by atoms with Gasteiger partial charge in [-0.3, -0.25) is 10.2 Å². The monoisotopic (exact) mass is 454 g/mol. The van der Waals surface area contributed by atoms with Gasteiger partial charge in [-0.2, -0.15) is 0 Å². The van der Waals surface area contributed by atoms with Crippen molar-refractivity contribution in [3.05, 3.63) is 87.4 Å². The maximum atomic E-state index is 14.1. The molecule has 0 atom stereocenters. The highest BCUT2D eigenvalue weighted by Gasteiger charge is 2.31. The zero-order valence-corrected chi connectivity index (χ0v) is 18.5. The Hall–Kier alpha value is -3.52. The summed E-state index contributed by atoms with van der Waals surface area (Å²) in [6.07, 6.45) is 0.375. The normalized spacial score (nSPS) is 11.1. The predicted octanol–water partition coefficient (Wildman–Crippen LogP) is 4.70. The van der Waals surface area contributed by atoms with Crippen LogP contribution >= 0.6 is 11.3 Å². The van der Waals surface area contributed by atoms with Crippen LogP contribution in [0.2, 0.25) is 0 Å². The van der Waals surface area contributed by atoms with Crippen molar-refractivity contribution in [2.45, 2.75) is 26.9 Å². The number of ether oxygens (including phenoxy) is 2. The molecule has 0 bridgehead atoms. The van der Waals surface area contributed by atoms with Gasteiger partial charge in [-0.05, 0) is 56.2 Å². The van der Waals surface area contributed by atoms with E-state index in [1.165, 1.54) is 23.5 Å². The van der Waals surface area contributed by atoms with Gasteiger partial charge in [-0.1, -0.05) is 30.3 Å². The second-order valence-electron chi connectivity index (χ2n) is 7.84. The van der Waals surface area contributed by atoms with Gasteiger partial charge < -0.3 is 15.2 Å². The fourth-order valence-corrected chi connectivity index (χ4v) is 4.02. The van der Waals surface area contributed by atoms with E-state index in [4.69, 9.17) is 20.6 Å². The Balaban J connectivity index is 1.61. The molecule has 0 saturated carbocycles. The van der Waals surface area contributed by atoms with E-state index in [9.17, 15) is 14.0 Å². The summed E-state index contributed by atoms with van der Waals surface area (Å²) in [6, 6.07) is 16.4. The summed E-state index contributed by atoms with van der Waals surface area (Å²) in [5, 5.41) is 7.33. The number of benzene rings is 2. The van der Waals surface area contributed by atoms with Gasteiger partial charge in [0.25, 0.3) is 0 Å². The molecule has 0 unspecified atom stereocenters. The molecule has 0 aliphatic heterocycles. The molecule has 0 aliphatic rings. The molecule has 1 aromatic heterocycles. The second kappa shape index (κ2) is 9.74. The Morgan fingerprint density at radius 3 is 2.47 bits per heavy atom. The minimum Gasteiger partial charge on any atom is -0.460 e. The van der Waals surface area contributed by atoms with E-state index in [0.717, 1.165) is 16.5 Å². The highest BCUT2D eigenvalue weighted by Crippen LogP contribution is 2.29. The van der Waals surface area contributed by atoms with E-state index >= 15 is 0 Å². The first kappa shape index (κ1) is 23.1. The molecule has 6 nitrogen and oxygen atoms in total. The van der Waals surface area contributed by atoms with Crippen molar-refractivity contribution in [2.24, 2.45) is 11.1 Å². The zero-order chi connectivity index (χ0) is 23.3. The van der Waals surface area contributed by atoms with Crippen LogP contribution < -0.4 is 10.5 Å². The lowest BCUT2D eigenvalue weighted by atomic mass is 9.89. The van der Waals surface area contributed by atoms with Crippen molar-refractivity contribution in [2.75, 3.05) is 0 Å². The third-order valence-electron chi connectivity index (χ3n) is 4.69. The van der Waals surface area contributed by atoms with Crippen LogP contribution in [0.3, 0.4) is 0 Å². The number of halogens is 1. The van der Waals surface area contributed by atoms with Crippen LogP contribution in [0.15, 0.2) is 60.7 Å². The van der Waals surface area contributed by atoms with E-state index < -0.39 is 17.2 Å². The number of nitrogens with one attached hydrogen (secondary N) is 1. The lowest BCUT2D eigenvalue weighted by molar-refractivity contribution is -0.155. The van der Waals surface area contributed by atoms with Gasteiger partial charge in [0.2, 0.25) is 0 Å². The number of nitrogens with two attached hydrogens (primary N) is 1. The third-order valence-corrected chi connectivity index (χ3v) is 5.76. The number of carbonyl (C=O) groups excluding carboxylic acids is 2. The largest absolute Gasteiger partial charge is 0.460 e. The van der Waals surface area contributed by atoms with Crippen LogP contribution in [0.4, 0.5) is 4.39 Å². The average molecular weight is 455 g/mol. The number of rotatable bonds is 8. The number of esters is 2.